The number of likely N-dealkylation sites (tertiary alicyclic amines) is 1. The predicted molar refractivity (Wildman–Crippen MR) is 114 cm³/mol. The van der Waals surface area contributed by atoms with Gasteiger partial charge in [-0.05, 0) is 38.0 Å². The fraction of sp³-hybridized carbons (Fsp3) is 0.409. The number of carbonyl (C=O) groups excluding carboxylic acids is 1. The molecule has 0 bridgehead atoms. The minimum atomic E-state index is -0.478. The monoisotopic (exact) mass is 413 g/mol. The number of hydrogen-bond acceptors (Lipinski definition) is 6. The van der Waals surface area contributed by atoms with E-state index in [4.69, 9.17) is 9.47 Å². The number of ether oxygens (including phenoxy) is 2. The molecule has 2 aromatic rings. The predicted octanol–water partition coefficient (Wildman–Crippen LogP) is 3.87. The van der Waals surface area contributed by atoms with Crippen molar-refractivity contribution in [2.24, 2.45) is 0 Å². The Bertz CT molecular complexity index is 865. The summed E-state index contributed by atoms with van der Waals surface area (Å²) in [5.41, 5.74) is 0.398. The van der Waals surface area contributed by atoms with E-state index in [1.54, 1.807) is 12.1 Å². The summed E-state index contributed by atoms with van der Waals surface area (Å²) >= 11 is 0. The highest BCUT2D eigenvalue weighted by Gasteiger charge is 2.22. The summed E-state index contributed by atoms with van der Waals surface area (Å²) in [5.74, 6) is 1.38. The quantitative estimate of drug-likeness (QED) is 0.495. The Balaban J connectivity index is 1.41. The first-order valence-corrected chi connectivity index (χ1v) is 10.2. The van der Waals surface area contributed by atoms with Crippen LogP contribution in [0.25, 0.3) is 0 Å². The molecule has 1 amide bonds. The topological polar surface area (TPSA) is 93.9 Å². The first-order chi connectivity index (χ1) is 14.5. The van der Waals surface area contributed by atoms with E-state index in [2.05, 4.69) is 10.2 Å². The van der Waals surface area contributed by atoms with Crippen molar-refractivity contribution in [1.82, 2.24) is 4.90 Å². The van der Waals surface area contributed by atoms with E-state index in [0.717, 1.165) is 37.4 Å². The average molecular weight is 413 g/mol. The number of hydrogen-bond donors (Lipinski definition) is 1. The lowest BCUT2D eigenvalue weighted by molar-refractivity contribution is -0.384. The van der Waals surface area contributed by atoms with Crippen molar-refractivity contribution in [3.8, 4) is 11.5 Å². The van der Waals surface area contributed by atoms with Gasteiger partial charge in [0.2, 0.25) is 5.91 Å². The van der Waals surface area contributed by atoms with Crippen LogP contribution >= 0.6 is 0 Å². The number of rotatable bonds is 9. The van der Waals surface area contributed by atoms with Crippen LogP contribution in [0.1, 0.15) is 26.2 Å². The van der Waals surface area contributed by atoms with Crippen LogP contribution in [0.4, 0.5) is 11.4 Å². The molecule has 3 rings (SSSR count). The van der Waals surface area contributed by atoms with Gasteiger partial charge in [-0.2, -0.15) is 0 Å². The first-order valence-electron chi connectivity index (χ1n) is 10.2. The van der Waals surface area contributed by atoms with Gasteiger partial charge in [0.15, 0.2) is 11.5 Å². The number of nitrogens with zero attached hydrogens (tertiary/aromatic N) is 2. The highest BCUT2D eigenvalue weighted by molar-refractivity contribution is 5.91. The molecule has 1 fully saturated rings. The summed E-state index contributed by atoms with van der Waals surface area (Å²) < 4.78 is 11.8. The van der Waals surface area contributed by atoms with Crippen molar-refractivity contribution < 1.29 is 19.2 Å². The lowest BCUT2D eigenvalue weighted by Crippen LogP contribution is -2.39. The second-order valence-electron chi connectivity index (χ2n) is 7.14. The summed E-state index contributed by atoms with van der Waals surface area (Å²) in [4.78, 5) is 24.8. The van der Waals surface area contributed by atoms with E-state index in [1.807, 2.05) is 31.2 Å². The van der Waals surface area contributed by atoms with Gasteiger partial charge in [0.05, 0.1) is 11.5 Å². The molecule has 0 aliphatic carbocycles. The molecule has 0 saturated carbocycles. The van der Waals surface area contributed by atoms with Crippen molar-refractivity contribution in [2.45, 2.75) is 32.3 Å². The maximum absolute atomic E-state index is 12.2. The molecule has 1 saturated heterocycles. The molecule has 160 valence electrons. The molecule has 0 atom stereocenters. The molecule has 8 nitrogen and oxygen atoms in total. The minimum absolute atomic E-state index is 0.0409. The molecular weight excluding hydrogens is 386 g/mol. The van der Waals surface area contributed by atoms with Crippen LogP contribution in [-0.2, 0) is 4.79 Å². The number of nitrogens with one attached hydrogen (secondary N) is 1. The van der Waals surface area contributed by atoms with Gasteiger partial charge in [-0.1, -0.05) is 18.2 Å². The van der Waals surface area contributed by atoms with Crippen LogP contribution in [0.15, 0.2) is 48.5 Å². The van der Waals surface area contributed by atoms with Crippen LogP contribution < -0.4 is 14.8 Å². The van der Waals surface area contributed by atoms with E-state index >= 15 is 0 Å². The zero-order chi connectivity index (χ0) is 21.3. The molecule has 2 aromatic carbocycles. The number of nitro groups is 1. The van der Waals surface area contributed by atoms with Crippen LogP contribution in [-0.4, -0.2) is 48.1 Å². The smallest absolute Gasteiger partial charge is 0.271 e. The zero-order valence-corrected chi connectivity index (χ0v) is 17.1. The second-order valence-corrected chi connectivity index (χ2v) is 7.14. The molecule has 1 aliphatic rings. The van der Waals surface area contributed by atoms with E-state index in [-0.39, 0.29) is 17.7 Å². The van der Waals surface area contributed by atoms with Crippen LogP contribution in [0.5, 0.6) is 11.5 Å². The molecule has 1 aliphatic heterocycles. The molecule has 0 aromatic heterocycles. The van der Waals surface area contributed by atoms with Crippen LogP contribution in [0.2, 0.25) is 0 Å². The normalized spacial score (nSPS) is 14.8. The summed E-state index contributed by atoms with van der Waals surface area (Å²) in [5, 5.41) is 13.6. The number of nitro benzene ring substituents is 1. The van der Waals surface area contributed by atoms with Gasteiger partial charge < -0.3 is 19.7 Å². The van der Waals surface area contributed by atoms with Gasteiger partial charge in [0.1, 0.15) is 6.10 Å². The summed E-state index contributed by atoms with van der Waals surface area (Å²) in [6, 6.07) is 13.7. The van der Waals surface area contributed by atoms with E-state index in [0.29, 0.717) is 25.3 Å². The maximum Gasteiger partial charge on any atom is 0.271 e. The Morgan fingerprint density at radius 1 is 1.17 bits per heavy atom. The third-order valence-electron chi connectivity index (χ3n) is 4.97. The lowest BCUT2D eigenvalue weighted by atomic mass is 10.1. The number of piperidine rings is 1. The second kappa shape index (κ2) is 10.6. The molecule has 0 radical (unpaired) electrons. The fourth-order valence-electron chi connectivity index (χ4n) is 3.43. The van der Waals surface area contributed by atoms with Crippen molar-refractivity contribution in [2.75, 3.05) is 31.6 Å². The summed E-state index contributed by atoms with van der Waals surface area (Å²) in [6.07, 6.45) is 2.22. The maximum atomic E-state index is 12.2. The molecular formula is C22H27N3O5. The average Bonchev–Trinajstić information content (AvgIpc) is 2.75. The van der Waals surface area contributed by atoms with Crippen molar-refractivity contribution in [3.05, 3.63) is 58.6 Å². The Morgan fingerprint density at radius 3 is 2.60 bits per heavy atom. The highest BCUT2D eigenvalue weighted by Crippen LogP contribution is 2.29. The van der Waals surface area contributed by atoms with Gasteiger partial charge in [0, 0.05) is 43.9 Å². The van der Waals surface area contributed by atoms with Gasteiger partial charge in [-0.3, -0.25) is 14.9 Å². The molecule has 0 spiro atoms. The van der Waals surface area contributed by atoms with Crippen molar-refractivity contribution in [3.63, 3.8) is 0 Å². The van der Waals surface area contributed by atoms with Crippen LogP contribution in [0, 0.1) is 10.1 Å². The first kappa shape index (κ1) is 21.6. The van der Waals surface area contributed by atoms with Crippen molar-refractivity contribution >= 4 is 17.3 Å². The van der Waals surface area contributed by atoms with Crippen molar-refractivity contribution in [1.29, 1.82) is 0 Å². The zero-order valence-electron chi connectivity index (χ0n) is 17.1. The standard InChI is InChI=1S/C22H27N3O5/c1-2-29-20-8-3-4-9-21(20)30-19-10-13-24(14-11-19)15-12-22(26)23-17-6-5-7-18(16-17)25(27)28/h3-9,16,19H,2,10-15H2,1H3,(H,23,26). The Hall–Kier alpha value is -3.13. The van der Waals surface area contributed by atoms with Gasteiger partial charge >= 0.3 is 0 Å². The summed E-state index contributed by atoms with van der Waals surface area (Å²) in [7, 11) is 0. The number of benzene rings is 2. The lowest BCUT2D eigenvalue weighted by Gasteiger charge is -2.32. The van der Waals surface area contributed by atoms with E-state index in [1.165, 1.54) is 12.1 Å². The van der Waals surface area contributed by atoms with E-state index in [9.17, 15) is 14.9 Å². The Morgan fingerprint density at radius 2 is 1.90 bits per heavy atom. The SMILES string of the molecule is CCOc1ccccc1OC1CCN(CCC(=O)Nc2cccc([N+](=O)[O-])c2)CC1. The van der Waals surface area contributed by atoms with E-state index < -0.39 is 4.92 Å². The van der Waals surface area contributed by atoms with Crippen LogP contribution in [0.3, 0.4) is 0 Å². The fourth-order valence-corrected chi connectivity index (χ4v) is 3.43. The summed E-state index contributed by atoms with van der Waals surface area (Å²) in [6.45, 7) is 4.89. The number of amides is 1. The largest absolute Gasteiger partial charge is 0.490 e. The molecule has 30 heavy (non-hydrogen) atoms. The number of anilines is 1. The number of para-hydroxylation sites is 2. The highest BCUT2D eigenvalue weighted by atomic mass is 16.6. The van der Waals surface area contributed by atoms with Gasteiger partial charge in [-0.25, -0.2) is 0 Å². The minimum Gasteiger partial charge on any atom is -0.490 e. The molecule has 0 unspecified atom stereocenters. The Labute approximate surface area is 175 Å². The van der Waals surface area contributed by atoms with Gasteiger partial charge in [0.25, 0.3) is 5.69 Å². The Kier molecular flexibility index (Phi) is 7.62. The number of non-ortho nitro benzene ring substituents is 1. The molecule has 8 heteroatoms. The number of carbonyl (C=O) groups is 1. The third kappa shape index (κ3) is 6.18. The third-order valence-corrected chi connectivity index (χ3v) is 4.97. The van der Waals surface area contributed by atoms with Gasteiger partial charge in [-0.15, -0.1) is 0 Å². The molecule has 1 N–H and O–H groups in total. The molecule has 1 heterocycles.